The minimum atomic E-state index is -0.0552. The monoisotopic (exact) mass is 319 g/mol. The third-order valence-electron chi connectivity index (χ3n) is 4.12. The molecule has 0 aliphatic rings. The maximum absolute atomic E-state index is 11.7. The zero-order valence-corrected chi connectivity index (χ0v) is 14.0. The number of anilines is 1. The van der Waals surface area contributed by atoms with Gasteiger partial charge in [-0.1, -0.05) is 30.3 Å². The van der Waals surface area contributed by atoms with Gasteiger partial charge < -0.3 is 10.6 Å². The highest BCUT2D eigenvalue weighted by Crippen LogP contribution is 2.23. The van der Waals surface area contributed by atoms with Crippen LogP contribution in [0.5, 0.6) is 0 Å². The van der Waals surface area contributed by atoms with E-state index < -0.39 is 0 Å². The first-order valence-electron chi connectivity index (χ1n) is 8.08. The van der Waals surface area contributed by atoms with Crippen molar-refractivity contribution in [2.24, 2.45) is 0 Å². The second-order valence-corrected chi connectivity index (χ2v) is 5.79. The normalized spacial score (nSPS) is 10.6. The lowest BCUT2D eigenvalue weighted by Gasteiger charge is -2.11. The summed E-state index contributed by atoms with van der Waals surface area (Å²) in [6.45, 7) is 2.87. The van der Waals surface area contributed by atoms with Gasteiger partial charge >= 0.3 is 0 Å². The Morgan fingerprint density at radius 2 is 1.96 bits per heavy atom. The van der Waals surface area contributed by atoms with E-state index in [0.717, 1.165) is 35.1 Å². The first kappa shape index (κ1) is 16.0. The minimum Gasteiger partial charge on any atom is -0.384 e. The van der Waals surface area contributed by atoms with Crippen LogP contribution in [0.4, 0.5) is 5.69 Å². The second-order valence-electron chi connectivity index (χ2n) is 5.79. The molecule has 0 radical (unpaired) electrons. The van der Waals surface area contributed by atoms with Crippen molar-refractivity contribution in [1.82, 2.24) is 10.3 Å². The minimum absolute atomic E-state index is 0.0552. The van der Waals surface area contributed by atoms with Crippen molar-refractivity contribution >= 4 is 22.5 Å². The lowest BCUT2D eigenvalue weighted by Crippen LogP contribution is -2.18. The van der Waals surface area contributed by atoms with E-state index in [2.05, 4.69) is 40.7 Å². The van der Waals surface area contributed by atoms with E-state index in [0.29, 0.717) is 5.56 Å². The van der Waals surface area contributed by atoms with Gasteiger partial charge in [0, 0.05) is 36.4 Å². The van der Waals surface area contributed by atoms with Gasteiger partial charge in [0.15, 0.2) is 0 Å². The van der Waals surface area contributed by atoms with Crippen LogP contribution in [0.2, 0.25) is 0 Å². The molecule has 4 nitrogen and oxygen atoms in total. The van der Waals surface area contributed by atoms with E-state index >= 15 is 0 Å². The number of para-hydroxylation sites is 1. The van der Waals surface area contributed by atoms with Crippen LogP contribution in [-0.4, -0.2) is 24.5 Å². The van der Waals surface area contributed by atoms with Gasteiger partial charge in [-0.3, -0.25) is 9.78 Å². The second kappa shape index (κ2) is 7.13. The summed E-state index contributed by atoms with van der Waals surface area (Å²) in [6.07, 6.45) is 2.68. The molecule has 24 heavy (non-hydrogen) atoms. The fraction of sp³-hybridized carbons (Fsp3) is 0.200. The number of fused-ring (bicyclic) bond motifs is 1. The summed E-state index contributed by atoms with van der Waals surface area (Å²) in [6, 6.07) is 16.0. The predicted octanol–water partition coefficient (Wildman–Crippen LogP) is 3.56. The van der Waals surface area contributed by atoms with Gasteiger partial charge in [-0.15, -0.1) is 0 Å². The molecule has 3 rings (SSSR count). The SMILES string of the molecule is CNC(=O)c1cccc(CCNc2ccnc3c(C)cccc23)c1. The molecule has 2 aromatic carbocycles. The van der Waals surface area contributed by atoms with E-state index in [9.17, 15) is 4.79 Å². The van der Waals surface area contributed by atoms with Crippen LogP contribution in [-0.2, 0) is 6.42 Å². The molecule has 1 amide bonds. The lowest BCUT2D eigenvalue weighted by molar-refractivity contribution is 0.0963. The lowest BCUT2D eigenvalue weighted by atomic mass is 10.1. The number of hydrogen-bond acceptors (Lipinski definition) is 3. The smallest absolute Gasteiger partial charge is 0.251 e. The number of nitrogens with one attached hydrogen (secondary N) is 2. The van der Waals surface area contributed by atoms with E-state index in [-0.39, 0.29) is 5.91 Å². The number of nitrogens with zero attached hydrogens (tertiary/aromatic N) is 1. The summed E-state index contributed by atoms with van der Waals surface area (Å²) < 4.78 is 0. The summed E-state index contributed by atoms with van der Waals surface area (Å²) in [4.78, 5) is 16.2. The van der Waals surface area contributed by atoms with Crippen LogP contribution in [0, 0.1) is 6.92 Å². The molecular weight excluding hydrogens is 298 g/mol. The summed E-state index contributed by atoms with van der Waals surface area (Å²) in [7, 11) is 1.65. The molecular formula is C20H21N3O. The fourth-order valence-corrected chi connectivity index (χ4v) is 2.83. The molecule has 3 aromatic rings. The Hall–Kier alpha value is -2.88. The quantitative estimate of drug-likeness (QED) is 0.756. The standard InChI is InChI=1S/C20H21N3O/c1-14-5-3-8-17-18(10-12-23-19(14)17)22-11-9-15-6-4-7-16(13-15)20(24)21-2/h3-8,10,12-13H,9,11H2,1-2H3,(H,21,24)(H,22,23). The van der Waals surface area contributed by atoms with Crippen LogP contribution < -0.4 is 10.6 Å². The first-order valence-corrected chi connectivity index (χ1v) is 8.08. The van der Waals surface area contributed by atoms with Crippen LogP contribution in [0.1, 0.15) is 21.5 Å². The molecule has 0 aliphatic carbocycles. The summed E-state index contributed by atoms with van der Waals surface area (Å²) in [5.74, 6) is -0.0552. The summed E-state index contributed by atoms with van der Waals surface area (Å²) in [5, 5.41) is 7.28. The number of benzene rings is 2. The maximum atomic E-state index is 11.7. The molecule has 1 aromatic heterocycles. The third kappa shape index (κ3) is 3.38. The third-order valence-corrected chi connectivity index (χ3v) is 4.12. The number of amides is 1. The number of aryl methyl sites for hydroxylation is 1. The molecule has 0 bridgehead atoms. The van der Waals surface area contributed by atoms with E-state index in [1.165, 1.54) is 5.56 Å². The van der Waals surface area contributed by atoms with Crippen LogP contribution in [0.3, 0.4) is 0 Å². The molecule has 2 N–H and O–H groups in total. The largest absolute Gasteiger partial charge is 0.384 e. The maximum Gasteiger partial charge on any atom is 0.251 e. The highest BCUT2D eigenvalue weighted by atomic mass is 16.1. The van der Waals surface area contributed by atoms with Gasteiger partial charge in [-0.2, -0.15) is 0 Å². The predicted molar refractivity (Wildman–Crippen MR) is 98.5 cm³/mol. The molecule has 1 heterocycles. The topological polar surface area (TPSA) is 54.0 Å². The molecule has 0 unspecified atom stereocenters. The number of pyridine rings is 1. The Balaban J connectivity index is 1.71. The van der Waals surface area contributed by atoms with Crippen LogP contribution in [0.15, 0.2) is 54.7 Å². The Bertz CT molecular complexity index is 874. The summed E-state index contributed by atoms with van der Waals surface area (Å²) in [5.41, 5.74) is 5.13. The van der Waals surface area contributed by atoms with Gasteiger partial charge in [0.05, 0.1) is 5.52 Å². The highest BCUT2D eigenvalue weighted by molar-refractivity contribution is 5.94. The zero-order valence-electron chi connectivity index (χ0n) is 14.0. The van der Waals surface area contributed by atoms with Crippen molar-refractivity contribution in [3.8, 4) is 0 Å². The van der Waals surface area contributed by atoms with Crippen molar-refractivity contribution in [3.63, 3.8) is 0 Å². The summed E-state index contributed by atoms with van der Waals surface area (Å²) >= 11 is 0. The Labute approximate surface area is 141 Å². The van der Waals surface area contributed by atoms with Crippen molar-refractivity contribution < 1.29 is 4.79 Å². The Morgan fingerprint density at radius 3 is 2.79 bits per heavy atom. The zero-order chi connectivity index (χ0) is 16.9. The highest BCUT2D eigenvalue weighted by Gasteiger charge is 2.05. The average Bonchev–Trinajstić information content (AvgIpc) is 2.62. The molecule has 122 valence electrons. The van der Waals surface area contributed by atoms with Gasteiger partial charge in [0.2, 0.25) is 0 Å². The number of carbonyl (C=O) groups is 1. The van der Waals surface area contributed by atoms with Crippen molar-refractivity contribution in [2.45, 2.75) is 13.3 Å². The van der Waals surface area contributed by atoms with Gasteiger partial charge in [-0.25, -0.2) is 0 Å². The van der Waals surface area contributed by atoms with Gasteiger partial charge in [0.25, 0.3) is 5.91 Å². The number of aromatic nitrogens is 1. The Kier molecular flexibility index (Phi) is 4.75. The van der Waals surface area contributed by atoms with Crippen molar-refractivity contribution in [1.29, 1.82) is 0 Å². The van der Waals surface area contributed by atoms with Crippen LogP contribution >= 0.6 is 0 Å². The molecule has 0 saturated carbocycles. The Morgan fingerprint density at radius 1 is 1.12 bits per heavy atom. The first-order chi connectivity index (χ1) is 11.7. The average molecular weight is 319 g/mol. The molecule has 0 spiro atoms. The number of rotatable bonds is 5. The number of carbonyl (C=O) groups excluding carboxylic acids is 1. The molecule has 0 aliphatic heterocycles. The van der Waals surface area contributed by atoms with Gasteiger partial charge in [0.1, 0.15) is 0 Å². The van der Waals surface area contributed by atoms with E-state index in [1.807, 2.05) is 36.5 Å². The van der Waals surface area contributed by atoms with Crippen molar-refractivity contribution in [3.05, 3.63) is 71.4 Å². The van der Waals surface area contributed by atoms with Crippen molar-refractivity contribution in [2.75, 3.05) is 18.9 Å². The van der Waals surface area contributed by atoms with E-state index in [1.54, 1.807) is 7.05 Å². The van der Waals surface area contributed by atoms with E-state index in [4.69, 9.17) is 0 Å². The number of hydrogen-bond donors (Lipinski definition) is 2. The molecule has 4 heteroatoms. The molecule has 0 atom stereocenters. The molecule has 0 saturated heterocycles. The van der Waals surface area contributed by atoms with Gasteiger partial charge in [-0.05, 0) is 42.7 Å². The molecule has 0 fully saturated rings. The fourth-order valence-electron chi connectivity index (χ4n) is 2.83. The van der Waals surface area contributed by atoms with Crippen LogP contribution in [0.25, 0.3) is 10.9 Å².